The Morgan fingerprint density at radius 2 is 1.59 bits per heavy atom. The van der Waals surface area contributed by atoms with Crippen molar-refractivity contribution in [2.75, 3.05) is 0 Å². The summed E-state index contributed by atoms with van der Waals surface area (Å²) in [4.78, 5) is 23.3. The van der Waals surface area contributed by atoms with Gasteiger partial charge in [0, 0.05) is 5.92 Å². The number of primary amides is 1. The normalized spacial score (nSPS) is 24.3. The van der Waals surface area contributed by atoms with Crippen LogP contribution in [0.4, 0.5) is 0 Å². The second-order valence-corrected chi connectivity index (χ2v) is 6.54. The molecule has 0 aromatic heterocycles. The van der Waals surface area contributed by atoms with Crippen LogP contribution in [-0.2, 0) is 9.59 Å². The maximum atomic E-state index is 12.3. The van der Waals surface area contributed by atoms with Crippen LogP contribution in [0.2, 0.25) is 0 Å². The third kappa shape index (κ3) is 2.79. The number of hydrogen-bond acceptors (Lipinski definition) is 2. The topological polar surface area (TPSA) is 72.2 Å². The molecule has 0 unspecified atom stereocenters. The number of hydrogen-bond donors (Lipinski definition) is 2. The van der Waals surface area contributed by atoms with Crippen LogP contribution in [0.15, 0.2) is 0 Å². The van der Waals surface area contributed by atoms with Gasteiger partial charge in [-0.05, 0) is 30.6 Å². The monoisotopic (exact) mass is 240 g/mol. The predicted octanol–water partition coefficient (Wildman–Crippen LogP) is 1.44. The van der Waals surface area contributed by atoms with E-state index >= 15 is 0 Å². The molecule has 98 valence electrons. The molecule has 0 aromatic rings. The predicted molar refractivity (Wildman–Crippen MR) is 67.1 cm³/mol. The minimum absolute atomic E-state index is 0.0229. The van der Waals surface area contributed by atoms with E-state index in [1.807, 2.05) is 0 Å². The largest absolute Gasteiger partial charge is 0.368 e. The smallest absolute Gasteiger partial charge is 0.239 e. The lowest BCUT2D eigenvalue weighted by atomic mass is 9.72. The molecule has 1 aliphatic carbocycles. The molecule has 0 spiro atoms. The summed E-state index contributed by atoms with van der Waals surface area (Å²) >= 11 is 0. The molecule has 0 saturated heterocycles. The maximum Gasteiger partial charge on any atom is 0.239 e. The van der Waals surface area contributed by atoms with Crippen molar-refractivity contribution >= 4 is 11.8 Å². The number of carbonyl (C=O) groups excluding carboxylic acids is 2. The molecule has 0 bridgehead atoms. The lowest BCUT2D eigenvalue weighted by molar-refractivity contribution is -0.134. The van der Waals surface area contributed by atoms with Gasteiger partial charge in [0.1, 0.15) is 6.04 Å². The van der Waals surface area contributed by atoms with Crippen LogP contribution >= 0.6 is 0 Å². The van der Waals surface area contributed by atoms with Crippen LogP contribution in [-0.4, -0.2) is 17.9 Å². The van der Waals surface area contributed by atoms with Crippen molar-refractivity contribution in [2.45, 2.75) is 53.5 Å². The molecule has 0 aromatic carbocycles. The summed E-state index contributed by atoms with van der Waals surface area (Å²) in [7, 11) is 0. The van der Waals surface area contributed by atoms with Gasteiger partial charge in [0.2, 0.25) is 11.8 Å². The van der Waals surface area contributed by atoms with Crippen LogP contribution in [0.5, 0.6) is 0 Å². The van der Waals surface area contributed by atoms with Gasteiger partial charge in [-0.25, -0.2) is 0 Å². The Balaban J connectivity index is 2.83. The molecule has 0 heterocycles. The summed E-state index contributed by atoms with van der Waals surface area (Å²) in [5.41, 5.74) is 5.12. The fourth-order valence-corrected chi connectivity index (χ4v) is 3.07. The van der Waals surface area contributed by atoms with Crippen molar-refractivity contribution in [1.29, 1.82) is 0 Å². The highest BCUT2D eigenvalue weighted by Gasteiger charge is 2.50. The Bertz CT molecular complexity index is 318. The molecule has 1 rings (SSSR count). The lowest BCUT2D eigenvalue weighted by Gasteiger charge is -2.34. The molecule has 1 saturated carbocycles. The van der Waals surface area contributed by atoms with E-state index in [0.29, 0.717) is 0 Å². The summed E-state index contributed by atoms with van der Waals surface area (Å²) < 4.78 is 0. The van der Waals surface area contributed by atoms with Crippen LogP contribution in [0, 0.1) is 16.7 Å². The Hall–Kier alpha value is -1.06. The quantitative estimate of drug-likeness (QED) is 0.783. The molecular weight excluding hydrogens is 216 g/mol. The van der Waals surface area contributed by atoms with Crippen molar-refractivity contribution in [3.63, 3.8) is 0 Å². The number of nitrogens with two attached hydrogens (primary N) is 1. The second-order valence-electron chi connectivity index (χ2n) is 6.54. The zero-order valence-electron chi connectivity index (χ0n) is 11.5. The zero-order chi connectivity index (χ0) is 13.4. The fraction of sp³-hybridized carbons (Fsp3) is 0.846. The van der Waals surface area contributed by atoms with Crippen molar-refractivity contribution < 1.29 is 9.59 Å². The summed E-state index contributed by atoms with van der Waals surface area (Å²) in [6.07, 6.45) is 2.06. The van der Waals surface area contributed by atoms with Gasteiger partial charge >= 0.3 is 0 Å². The second kappa shape index (κ2) is 4.31. The van der Waals surface area contributed by atoms with E-state index in [-0.39, 0.29) is 22.7 Å². The van der Waals surface area contributed by atoms with E-state index in [4.69, 9.17) is 5.73 Å². The molecule has 1 fully saturated rings. The third-order valence-electron chi connectivity index (χ3n) is 4.02. The molecule has 0 aliphatic heterocycles. The van der Waals surface area contributed by atoms with E-state index < -0.39 is 11.9 Å². The van der Waals surface area contributed by atoms with E-state index in [2.05, 4.69) is 33.0 Å². The van der Waals surface area contributed by atoms with Gasteiger partial charge in [-0.3, -0.25) is 9.59 Å². The van der Waals surface area contributed by atoms with Gasteiger partial charge in [0.05, 0.1) is 0 Å². The van der Waals surface area contributed by atoms with Crippen molar-refractivity contribution in [1.82, 2.24) is 5.32 Å². The third-order valence-corrected chi connectivity index (χ3v) is 4.02. The Morgan fingerprint density at radius 3 is 1.94 bits per heavy atom. The van der Waals surface area contributed by atoms with Crippen LogP contribution < -0.4 is 11.1 Å². The first-order valence-electron chi connectivity index (χ1n) is 6.17. The number of rotatable bonds is 3. The molecular formula is C13H24N2O2. The highest BCUT2D eigenvalue weighted by atomic mass is 16.2. The lowest BCUT2D eigenvalue weighted by Crippen LogP contribution is -2.49. The Labute approximate surface area is 103 Å². The molecule has 1 aliphatic rings. The highest BCUT2D eigenvalue weighted by molar-refractivity contribution is 5.88. The first kappa shape index (κ1) is 14.0. The van der Waals surface area contributed by atoms with Crippen molar-refractivity contribution in [2.24, 2.45) is 22.5 Å². The molecule has 1 atom stereocenters. The summed E-state index contributed by atoms with van der Waals surface area (Å²) in [5, 5.41) is 2.72. The summed E-state index contributed by atoms with van der Waals surface area (Å²) in [6, 6.07) is -0.602. The minimum atomic E-state index is -0.602. The van der Waals surface area contributed by atoms with Gasteiger partial charge in [0.15, 0.2) is 0 Å². The highest BCUT2D eigenvalue weighted by Crippen LogP contribution is 2.53. The molecule has 4 heteroatoms. The first-order chi connectivity index (χ1) is 7.58. The fourth-order valence-electron chi connectivity index (χ4n) is 3.07. The summed E-state index contributed by atoms with van der Waals surface area (Å²) in [5.74, 6) is -0.618. The number of nitrogens with one attached hydrogen (secondary N) is 1. The average molecular weight is 240 g/mol. The van der Waals surface area contributed by atoms with Gasteiger partial charge in [-0.1, -0.05) is 27.7 Å². The van der Waals surface area contributed by atoms with Crippen LogP contribution in [0.3, 0.4) is 0 Å². The van der Waals surface area contributed by atoms with Crippen LogP contribution in [0.1, 0.15) is 47.5 Å². The van der Waals surface area contributed by atoms with E-state index in [1.165, 1.54) is 0 Å². The van der Waals surface area contributed by atoms with E-state index in [1.54, 1.807) is 6.92 Å². The number of carbonyl (C=O) groups is 2. The SMILES string of the molecule is C[C@H](NC(=O)C1C(C)(C)CCC1(C)C)C(N)=O. The molecule has 3 N–H and O–H groups in total. The molecule has 2 amide bonds. The number of amides is 2. The molecule has 0 radical (unpaired) electrons. The van der Waals surface area contributed by atoms with Crippen LogP contribution in [0.25, 0.3) is 0 Å². The van der Waals surface area contributed by atoms with E-state index in [0.717, 1.165) is 12.8 Å². The van der Waals surface area contributed by atoms with Gasteiger partial charge in [0.25, 0.3) is 0 Å². The van der Waals surface area contributed by atoms with E-state index in [9.17, 15) is 9.59 Å². The van der Waals surface area contributed by atoms with Crippen molar-refractivity contribution in [3.8, 4) is 0 Å². The van der Waals surface area contributed by atoms with Crippen molar-refractivity contribution in [3.05, 3.63) is 0 Å². The maximum absolute atomic E-state index is 12.3. The average Bonchev–Trinajstić information content (AvgIpc) is 2.35. The zero-order valence-corrected chi connectivity index (χ0v) is 11.5. The molecule has 4 nitrogen and oxygen atoms in total. The molecule has 17 heavy (non-hydrogen) atoms. The first-order valence-corrected chi connectivity index (χ1v) is 6.17. The minimum Gasteiger partial charge on any atom is -0.368 e. The Morgan fingerprint density at radius 1 is 1.18 bits per heavy atom. The van der Waals surface area contributed by atoms with Gasteiger partial charge in [-0.15, -0.1) is 0 Å². The summed E-state index contributed by atoms with van der Waals surface area (Å²) in [6.45, 7) is 10.1. The Kier molecular flexibility index (Phi) is 3.55. The van der Waals surface area contributed by atoms with Gasteiger partial charge in [-0.2, -0.15) is 0 Å². The standard InChI is InChI=1S/C13H24N2O2/c1-8(10(14)16)15-11(17)9-12(2,3)6-7-13(9,4)5/h8-9H,6-7H2,1-5H3,(H2,14,16)(H,15,17)/t8-/m0/s1. The van der Waals surface area contributed by atoms with Gasteiger partial charge < -0.3 is 11.1 Å².